The molecule has 1 spiro atoms. The van der Waals surface area contributed by atoms with Crippen molar-refractivity contribution < 1.29 is 18.8 Å². The van der Waals surface area contributed by atoms with Gasteiger partial charge in [0.2, 0.25) is 5.91 Å². The highest BCUT2D eigenvalue weighted by Gasteiger charge is 2.52. The Morgan fingerprint density at radius 2 is 1.92 bits per heavy atom. The van der Waals surface area contributed by atoms with Crippen LogP contribution in [0.2, 0.25) is 0 Å². The van der Waals surface area contributed by atoms with Crippen molar-refractivity contribution in [2.24, 2.45) is 0 Å². The van der Waals surface area contributed by atoms with E-state index >= 15 is 0 Å². The Labute approximate surface area is 145 Å². The molecule has 1 aliphatic heterocycles. The van der Waals surface area contributed by atoms with Gasteiger partial charge in [0.1, 0.15) is 11.4 Å². The minimum atomic E-state index is -0.741. The molecule has 1 aromatic rings. The van der Waals surface area contributed by atoms with E-state index in [0.29, 0.717) is 12.8 Å². The molecule has 1 saturated heterocycles. The van der Waals surface area contributed by atoms with Crippen LogP contribution in [0.15, 0.2) is 24.3 Å². The second kappa shape index (κ2) is 6.82. The van der Waals surface area contributed by atoms with Gasteiger partial charge in [-0.15, -0.1) is 0 Å². The molecule has 1 saturated carbocycles. The largest absolute Gasteiger partial charge is 0.350 e. The Hall–Kier alpha value is -2.44. The normalized spacial score (nSPS) is 20.0. The number of nitrogens with one attached hydrogen (secondary N) is 2. The molecule has 2 N–H and O–H groups in total. The third kappa shape index (κ3) is 3.50. The van der Waals surface area contributed by atoms with Gasteiger partial charge >= 0.3 is 6.03 Å². The topological polar surface area (TPSA) is 78.5 Å². The van der Waals surface area contributed by atoms with E-state index in [9.17, 15) is 18.8 Å². The number of amides is 4. The highest BCUT2D eigenvalue weighted by atomic mass is 19.1. The number of hydrogen-bond acceptors (Lipinski definition) is 3. The lowest BCUT2D eigenvalue weighted by molar-refractivity contribution is -0.131. The summed E-state index contributed by atoms with van der Waals surface area (Å²) in [7, 11) is 0. The van der Waals surface area contributed by atoms with Crippen molar-refractivity contribution in [1.29, 1.82) is 0 Å². The summed E-state index contributed by atoms with van der Waals surface area (Å²) in [4.78, 5) is 37.8. The molecule has 1 heterocycles. The highest BCUT2D eigenvalue weighted by molar-refractivity contribution is 6.07. The average molecular weight is 347 g/mol. The maximum atomic E-state index is 12.9. The van der Waals surface area contributed by atoms with E-state index in [-0.39, 0.29) is 36.6 Å². The number of imide groups is 1. The second-order valence-corrected chi connectivity index (χ2v) is 6.77. The van der Waals surface area contributed by atoms with E-state index in [2.05, 4.69) is 10.6 Å². The molecule has 2 fully saturated rings. The molecule has 7 heteroatoms. The Morgan fingerprint density at radius 3 is 2.56 bits per heavy atom. The van der Waals surface area contributed by atoms with Crippen LogP contribution in [-0.4, -0.2) is 34.8 Å². The van der Waals surface area contributed by atoms with Gasteiger partial charge in [-0.3, -0.25) is 14.5 Å². The number of halogens is 1. The first-order valence-electron chi connectivity index (χ1n) is 8.60. The number of rotatable bonds is 5. The standard InChI is InChI=1S/C18H22FN3O3/c1-12(13-4-6-14(19)7-5-13)20-15(23)8-11-22-16(24)18(21-17(22)25)9-2-3-10-18/h4-7,12H,2-3,8-11H2,1H3,(H,20,23)(H,21,25). The van der Waals surface area contributed by atoms with Gasteiger partial charge in [-0.25, -0.2) is 9.18 Å². The lowest BCUT2D eigenvalue weighted by Crippen LogP contribution is -2.44. The number of hydrogen-bond donors (Lipinski definition) is 2. The summed E-state index contributed by atoms with van der Waals surface area (Å²) in [5, 5.41) is 5.59. The molecule has 2 aliphatic rings. The quantitative estimate of drug-likeness (QED) is 0.802. The van der Waals surface area contributed by atoms with Crippen molar-refractivity contribution in [3.63, 3.8) is 0 Å². The molecule has 3 rings (SSSR count). The summed E-state index contributed by atoms with van der Waals surface area (Å²) in [6, 6.07) is 5.21. The van der Waals surface area contributed by atoms with E-state index in [1.807, 2.05) is 0 Å². The third-order valence-corrected chi connectivity index (χ3v) is 5.01. The van der Waals surface area contributed by atoms with Gasteiger partial charge in [0.25, 0.3) is 5.91 Å². The molecule has 4 amide bonds. The van der Waals surface area contributed by atoms with Crippen molar-refractivity contribution >= 4 is 17.8 Å². The third-order valence-electron chi connectivity index (χ3n) is 5.01. The predicted molar refractivity (Wildman–Crippen MR) is 89.0 cm³/mol. The fraction of sp³-hybridized carbons (Fsp3) is 0.500. The van der Waals surface area contributed by atoms with E-state index in [1.165, 1.54) is 12.1 Å². The van der Waals surface area contributed by atoms with Crippen LogP contribution in [0.4, 0.5) is 9.18 Å². The minimum absolute atomic E-state index is 0.0424. The summed E-state index contributed by atoms with van der Waals surface area (Å²) in [6.45, 7) is 1.86. The van der Waals surface area contributed by atoms with Crippen molar-refractivity contribution in [2.75, 3.05) is 6.54 Å². The Bertz CT molecular complexity index is 683. The monoisotopic (exact) mass is 347 g/mol. The van der Waals surface area contributed by atoms with Crippen LogP contribution in [0.25, 0.3) is 0 Å². The van der Waals surface area contributed by atoms with E-state index in [4.69, 9.17) is 0 Å². The lowest BCUT2D eigenvalue weighted by Gasteiger charge is -2.20. The Kier molecular flexibility index (Phi) is 4.74. The molecule has 25 heavy (non-hydrogen) atoms. The van der Waals surface area contributed by atoms with E-state index in [1.54, 1.807) is 19.1 Å². The molecule has 1 aliphatic carbocycles. The van der Waals surface area contributed by atoms with Gasteiger partial charge in [-0.05, 0) is 37.5 Å². The van der Waals surface area contributed by atoms with Crippen LogP contribution < -0.4 is 10.6 Å². The average Bonchev–Trinajstić information content (AvgIpc) is 3.13. The highest BCUT2D eigenvalue weighted by Crippen LogP contribution is 2.35. The molecule has 1 aromatic carbocycles. The van der Waals surface area contributed by atoms with Gasteiger partial charge in [-0.2, -0.15) is 0 Å². The smallest absolute Gasteiger partial charge is 0.325 e. The van der Waals surface area contributed by atoms with Gasteiger partial charge in [0.15, 0.2) is 0 Å². The zero-order valence-corrected chi connectivity index (χ0v) is 14.2. The van der Waals surface area contributed by atoms with Crippen molar-refractivity contribution in [2.45, 2.75) is 50.6 Å². The molecule has 0 bridgehead atoms. The fourth-order valence-electron chi connectivity index (χ4n) is 3.56. The molecular weight excluding hydrogens is 325 g/mol. The zero-order chi connectivity index (χ0) is 18.0. The molecule has 1 unspecified atom stereocenters. The first-order valence-corrected chi connectivity index (χ1v) is 8.60. The maximum Gasteiger partial charge on any atom is 0.325 e. The summed E-state index contributed by atoms with van der Waals surface area (Å²) in [6.07, 6.45) is 3.23. The summed E-state index contributed by atoms with van der Waals surface area (Å²) in [5.74, 6) is -0.805. The zero-order valence-electron chi connectivity index (χ0n) is 14.2. The summed E-state index contributed by atoms with van der Waals surface area (Å²) < 4.78 is 12.9. The molecule has 0 radical (unpaired) electrons. The maximum absolute atomic E-state index is 12.9. The van der Waals surface area contributed by atoms with E-state index < -0.39 is 11.6 Å². The molecule has 1 atom stereocenters. The summed E-state index contributed by atoms with van der Waals surface area (Å²) in [5.41, 5.74) is 0.0456. The van der Waals surface area contributed by atoms with E-state index in [0.717, 1.165) is 23.3 Å². The number of benzene rings is 1. The van der Waals surface area contributed by atoms with Gasteiger partial charge < -0.3 is 10.6 Å². The van der Waals surface area contributed by atoms with Crippen LogP contribution in [0.5, 0.6) is 0 Å². The number of carbonyl (C=O) groups is 3. The van der Waals surface area contributed by atoms with Gasteiger partial charge in [0, 0.05) is 13.0 Å². The molecule has 0 aromatic heterocycles. The fourth-order valence-corrected chi connectivity index (χ4v) is 3.56. The van der Waals surface area contributed by atoms with Crippen LogP contribution >= 0.6 is 0 Å². The number of carbonyl (C=O) groups excluding carboxylic acids is 3. The SMILES string of the molecule is CC(NC(=O)CCN1C(=O)NC2(CCCC2)C1=O)c1ccc(F)cc1. The van der Waals surface area contributed by atoms with Gasteiger partial charge in [0.05, 0.1) is 6.04 Å². The number of urea groups is 1. The van der Waals surface area contributed by atoms with Crippen molar-refractivity contribution in [3.8, 4) is 0 Å². The van der Waals surface area contributed by atoms with Crippen LogP contribution in [0.3, 0.4) is 0 Å². The van der Waals surface area contributed by atoms with Crippen LogP contribution in [-0.2, 0) is 9.59 Å². The summed E-state index contributed by atoms with van der Waals surface area (Å²) >= 11 is 0. The lowest BCUT2D eigenvalue weighted by atomic mass is 9.98. The first kappa shape index (κ1) is 17.4. The first-order chi connectivity index (χ1) is 11.9. The minimum Gasteiger partial charge on any atom is -0.350 e. The van der Waals surface area contributed by atoms with Crippen LogP contribution in [0, 0.1) is 5.82 Å². The molecule has 134 valence electrons. The number of nitrogens with zero attached hydrogens (tertiary/aromatic N) is 1. The van der Waals surface area contributed by atoms with Crippen molar-refractivity contribution in [1.82, 2.24) is 15.5 Å². The Balaban J connectivity index is 1.53. The van der Waals surface area contributed by atoms with Crippen LogP contribution in [0.1, 0.15) is 50.6 Å². The van der Waals surface area contributed by atoms with Crippen molar-refractivity contribution in [3.05, 3.63) is 35.6 Å². The second-order valence-electron chi connectivity index (χ2n) is 6.77. The molecular formula is C18H22FN3O3. The Morgan fingerprint density at radius 1 is 1.28 bits per heavy atom. The predicted octanol–water partition coefficient (Wildman–Crippen LogP) is 2.26. The van der Waals surface area contributed by atoms with Gasteiger partial charge in [-0.1, -0.05) is 25.0 Å². The molecule has 6 nitrogen and oxygen atoms in total.